The fourth-order valence-electron chi connectivity index (χ4n) is 3.89. The molecule has 2 fully saturated rings. The van der Waals surface area contributed by atoms with Crippen molar-refractivity contribution in [1.82, 2.24) is 9.80 Å². The third kappa shape index (κ3) is 10.5. The third-order valence-electron chi connectivity index (χ3n) is 5.57. The van der Waals surface area contributed by atoms with Gasteiger partial charge in [-0.2, -0.15) is 0 Å². The number of hydrogen-bond donors (Lipinski definition) is 0. The van der Waals surface area contributed by atoms with Crippen LogP contribution in [0.15, 0.2) is 0 Å². The van der Waals surface area contributed by atoms with Crippen LogP contribution in [-0.4, -0.2) is 115 Å². The van der Waals surface area contributed by atoms with Gasteiger partial charge in [0.25, 0.3) is 11.8 Å². The van der Waals surface area contributed by atoms with E-state index in [0.717, 1.165) is 18.4 Å². The molecular formula is C27H43FN2O12. The molecule has 2 heterocycles. The Morgan fingerprint density at radius 3 is 1.38 bits per heavy atom. The average molecular weight is 606 g/mol. The molecule has 42 heavy (non-hydrogen) atoms. The Hall–Kier alpha value is -3.33. The van der Waals surface area contributed by atoms with Gasteiger partial charge in [-0.3, -0.25) is 9.59 Å². The van der Waals surface area contributed by atoms with Crippen molar-refractivity contribution in [2.45, 2.75) is 103 Å². The molecule has 14 nitrogen and oxygen atoms in total. The van der Waals surface area contributed by atoms with Crippen LogP contribution in [0.1, 0.15) is 67.7 Å². The van der Waals surface area contributed by atoms with Gasteiger partial charge in [-0.1, -0.05) is 6.92 Å². The molecule has 2 rings (SSSR count). The fourth-order valence-corrected chi connectivity index (χ4v) is 3.89. The van der Waals surface area contributed by atoms with Crippen molar-refractivity contribution in [1.29, 1.82) is 0 Å². The maximum Gasteiger partial charge on any atom is 0.417 e. The molecule has 0 aliphatic carbocycles. The largest absolute Gasteiger partial charge is 0.467 e. The van der Waals surface area contributed by atoms with Crippen molar-refractivity contribution in [3.8, 4) is 0 Å². The summed E-state index contributed by atoms with van der Waals surface area (Å²) in [6.07, 6.45) is -2.94. The maximum absolute atomic E-state index is 12.3. The second-order valence-electron chi connectivity index (χ2n) is 11.3. The number of amides is 4. The minimum Gasteiger partial charge on any atom is -0.467 e. The van der Waals surface area contributed by atoms with Crippen LogP contribution < -0.4 is 0 Å². The second kappa shape index (κ2) is 15.8. The Balaban J connectivity index is 0.000000420. The molecule has 0 N–H and O–H groups in total. The number of alkyl halides is 1. The first kappa shape index (κ1) is 36.7. The van der Waals surface area contributed by atoms with E-state index in [1.165, 1.54) is 7.11 Å². The van der Waals surface area contributed by atoms with E-state index < -0.39 is 78.1 Å². The Kier molecular flexibility index (Phi) is 13.8. The van der Waals surface area contributed by atoms with Crippen molar-refractivity contribution < 1.29 is 61.6 Å². The molecule has 240 valence electrons. The molecule has 15 heteroatoms. The zero-order chi connectivity index (χ0) is 32.4. The van der Waals surface area contributed by atoms with Crippen LogP contribution in [0.2, 0.25) is 0 Å². The van der Waals surface area contributed by atoms with Crippen LogP contribution in [0.5, 0.6) is 0 Å². The standard InChI is InChI=1S/C14H23NO6.C13H20FNO6/c1-6-7-20-10-8-9(12(17)19-5)15(11(10)16)13(18)21-14(2,3)4;1-13(2,3)21-12(18)15-8(11(17)19-4)7-9(10(15)16)20-6-5-14/h9-10H,6-8H2,1-5H3;8-9H,5-7H2,1-4H3/i;14-1. The third-order valence-corrected chi connectivity index (χ3v) is 5.57. The van der Waals surface area contributed by atoms with E-state index >= 15 is 0 Å². The molecule has 4 atom stereocenters. The summed E-state index contributed by atoms with van der Waals surface area (Å²) in [7, 11) is 2.36. The number of nitrogens with zero attached hydrogens (tertiary/aromatic N) is 2. The van der Waals surface area contributed by atoms with Crippen molar-refractivity contribution in [3.63, 3.8) is 0 Å². The Morgan fingerprint density at radius 1 is 0.738 bits per heavy atom. The fraction of sp³-hybridized carbons (Fsp3) is 0.778. The van der Waals surface area contributed by atoms with Crippen molar-refractivity contribution in [2.24, 2.45) is 0 Å². The quantitative estimate of drug-likeness (QED) is 0.294. The van der Waals surface area contributed by atoms with Gasteiger partial charge in [0, 0.05) is 19.4 Å². The van der Waals surface area contributed by atoms with Crippen molar-refractivity contribution in [3.05, 3.63) is 0 Å². The first-order chi connectivity index (χ1) is 19.4. The molecule has 4 unspecified atom stereocenters. The molecule has 2 aliphatic heterocycles. The van der Waals surface area contributed by atoms with Gasteiger partial charge in [-0.05, 0) is 48.0 Å². The monoisotopic (exact) mass is 605 g/mol. The lowest BCUT2D eigenvalue weighted by atomic mass is 10.2. The molecule has 0 aromatic heterocycles. The summed E-state index contributed by atoms with van der Waals surface area (Å²) in [6.45, 7) is 11.2. The molecular weight excluding hydrogens is 562 g/mol. The number of hydrogen-bond acceptors (Lipinski definition) is 12. The Morgan fingerprint density at radius 2 is 1.10 bits per heavy atom. The molecule has 0 spiro atoms. The molecule has 0 aromatic carbocycles. The molecule has 0 radical (unpaired) electrons. The van der Waals surface area contributed by atoms with Crippen LogP contribution in [-0.2, 0) is 47.6 Å². The lowest BCUT2D eigenvalue weighted by Gasteiger charge is -2.26. The number of carbonyl (C=O) groups excluding carboxylic acids is 6. The molecule has 4 amide bonds. The molecule has 2 saturated heterocycles. The average Bonchev–Trinajstić information content (AvgIpc) is 3.39. The van der Waals surface area contributed by atoms with Gasteiger partial charge in [0.05, 0.1) is 20.8 Å². The lowest BCUT2D eigenvalue weighted by Crippen LogP contribution is -2.46. The van der Waals surface area contributed by atoms with Gasteiger partial charge >= 0.3 is 24.1 Å². The highest BCUT2D eigenvalue weighted by Crippen LogP contribution is 2.27. The van der Waals surface area contributed by atoms with E-state index in [0.29, 0.717) is 11.5 Å². The van der Waals surface area contributed by atoms with Crippen LogP contribution in [0, 0.1) is 0 Å². The summed E-state index contributed by atoms with van der Waals surface area (Å²) >= 11 is 0. The number of carbonyl (C=O) groups is 6. The number of halogens is 1. The van der Waals surface area contributed by atoms with Gasteiger partial charge in [-0.25, -0.2) is 33.4 Å². The number of methoxy groups -OCH3 is 2. The van der Waals surface area contributed by atoms with E-state index in [-0.39, 0.29) is 19.4 Å². The summed E-state index contributed by atoms with van der Waals surface area (Å²) in [5, 5.41) is 0. The predicted molar refractivity (Wildman–Crippen MR) is 143 cm³/mol. The lowest BCUT2D eigenvalue weighted by molar-refractivity contribution is -0.149. The van der Waals surface area contributed by atoms with Crippen LogP contribution in [0.4, 0.5) is 14.0 Å². The summed E-state index contributed by atoms with van der Waals surface area (Å²) in [4.78, 5) is 73.6. The van der Waals surface area contributed by atoms with Crippen LogP contribution in [0.3, 0.4) is 0 Å². The summed E-state index contributed by atoms with van der Waals surface area (Å²) in [5.41, 5.74) is -1.59. The number of esters is 2. The van der Waals surface area contributed by atoms with Crippen LogP contribution >= 0.6 is 0 Å². The zero-order valence-corrected chi connectivity index (χ0v) is 25.7. The SMILES string of the molecule is CCCOC1CC(C(=O)OC)N(C(=O)OC(C)(C)C)C1=O.COC(=O)C1CC(OCC[18F])C(=O)N1C(=O)OC(C)(C)C. The second-order valence-corrected chi connectivity index (χ2v) is 11.3. The van der Waals surface area contributed by atoms with Crippen LogP contribution in [0.25, 0.3) is 0 Å². The molecule has 2 aliphatic rings. The molecule has 0 bridgehead atoms. The summed E-state index contributed by atoms with van der Waals surface area (Å²) in [5.74, 6) is -2.70. The van der Waals surface area contributed by atoms with Gasteiger partial charge in [0.2, 0.25) is 0 Å². The highest BCUT2D eigenvalue weighted by Gasteiger charge is 2.50. The highest BCUT2D eigenvalue weighted by molar-refractivity contribution is 6.02. The first-order valence-corrected chi connectivity index (χ1v) is 13.5. The van der Waals surface area contributed by atoms with E-state index in [9.17, 15) is 33.2 Å². The zero-order valence-electron chi connectivity index (χ0n) is 25.7. The van der Waals surface area contributed by atoms with Crippen molar-refractivity contribution >= 4 is 35.9 Å². The Bertz CT molecular complexity index is 913. The topological polar surface area (TPSA) is 164 Å². The van der Waals surface area contributed by atoms with E-state index in [1.807, 2.05) is 6.92 Å². The summed E-state index contributed by atoms with van der Waals surface area (Å²) < 4.78 is 42.0. The molecule has 0 aromatic rings. The van der Waals surface area contributed by atoms with Gasteiger partial charge < -0.3 is 28.4 Å². The minimum absolute atomic E-state index is 0.0786. The smallest absolute Gasteiger partial charge is 0.417 e. The van der Waals surface area contributed by atoms with Gasteiger partial charge in [0.15, 0.2) is 0 Å². The maximum atomic E-state index is 12.3. The first-order valence-electron chi connectivity index (χ1n) is 13.5. The number of ether oxygens (including phenoxy) is 6. The van der Waals surface area contributed by atoms with E-state index in [2.05, 4.69) is 9.47 Å². The van der Waals surface area contributed by atoms with Gasteiger partial charge in [0.1, 0.15) is 42.2 Å². The Labute approximate surface area is 245 Å². The number of likely N-dealkylation sites (tertiary alicyclic amines) is 2. The number of rotatable bonds is 8. The van der Waals surface area contributed by atoms with E-state index in [4.69, 9.17) is 18.9 Å². The number of imide groups is 2. The van der Waals surface area contributed by atoms with E-state index in [1.54, 1.807) is 41.5 Å². The van der Waals surface area contributed by atoms with Gasteiger partial charge in [-0.15, -0.1) is 0 Å². The normalized spacial score (nSPS) is 22.3. The molecule has 0 saturated carbocycles. The predicted octanol–water partition coefficient (Wildman–Crippen LogP) is 2.54. The van der Waals surface area contributed by atoms with Crippen molar-refractivity contribution in [2.75, 3.05) is 34.1 Å². The highest BCUT2D eigenvalue weighted by atomic mass is 18.2. The summed E-state index contributed by atoms with van der Waals surface area (Å²) in [6, 6.07) is -2.12. The minimum atomic E-state index is -1.12.